The normalized spacial score (nSPS) is 27.9. The zero-order valence-electron chi connectivity index (χ0n) is 10.2. The van der Waals surface area contributed by atoms with Crippen molar-refractivity contribution in [2.75, 3.05) is 18.0 Å². The van der Waals surface area contributed by atoms with Crippen LogP contribution in [0.3, 0.4) is 0 Å². The van der Waals surface area contributed by atoms with Crippen LogP contribution in [0.5, 0.6) is 0 Å². The number of aromatic amines is 1. The van der Waals surface area contributed by atoms with Crippen LogP contribution in [0.4, 0.5) is 5.82 Å². The number of anilines is 1. The van der Waals surface area contributed by atoms with Gasteiger partial charge < -0.3 is 15.2 Å². The number of aromatic nitrogens is 2. The molecule has 5 nitrogen and oxygen atoms in total. The van der Waals surface area contributed by atoms with Crippen LogP contribution in [0.2, 0.25) is 0 Å². The number of halogens is 1. The second kappa shape index (κ2) is 5.01. The minimum Gasteiger partial charge on any atom is -0.351 e. The number of rotatable bonds is 2. The maximum Gasteiger partial charge on any atom is 0.267 e. The number of H-pyrrole nitrogens is 1. The molecule has 18 heavy (non-hydrogen) atoms. The first-order valence-electron chi connectivity index (χ1n) is 6.50. The van der Waals surface area contributed by atoms with Crippen LogP contribution >= 0.6 is 15.9 Å². The van der Waals surface area contributed by atoms with E-state index in [0.29, 0.717) is 16.6 Å². The maximum atomic E-state index is 11.6. The first-order valence-corrected chi connectivity index (χ1v) is 7.30. The van der Waals surface area contributed by atoms with E-state index in [1.165, 1.54) is 32.0 Å². The third-order valence-electron chi connectivity index (χ3n) is 3.91. The van der Waals surface area contributed by atoms with Crippen LogP contribution in [0, 0.1) is 0 Å². The third-order valence-corrected chi connectivity index (χ3v) is 4.63. The van der Waals surface area contributed by atoms with E-state index in [2.05, 4.69) is 36.1 Å². The molecule has 1 aromatic heterocycles. The lowest BCUT2D eigenvalue weighted by Gasteiger charge is -2.30. The van der Waals surface area contributed by atoms with Crippen molar-refractivity contribution in [2.45, 2.75) is 37.8 Å². The van der Waals surface area contributed by atoms with E-state index in [0.717, 1.165) is 18.9 Å². The standard InChI is InChI=1S/C12H17BrN4O/c13-10-11(15-7-16-12(10)18)17-6-2-4-9(17)8-3-1-5-14-8/h7-9,14H,1-6H2,(H,15,16,18). The van der Waals surface area contributed by atoms with Crippen LogP contribution in [0.1, 0.15) is 25.7 Å². The summed E-state index contributed by atoms with van der Waals surface area (Å²) in [7, 11) is 0. The van der Waals surface area contributed by atoms with Gasteiger partial charge in [-0.2, -0.15) is 0 Å². The summed E-state index contributed by atoms with van der Waals surface area (Å²) >= 11 is 3.36. The predicted molar refractivity (Wildman–Crippen MR) is 74.0 cm³/mol. The van der Waals surface area contributed by atoms with Crippen LogP contribution < -0.4 is 15.8 Å². The summed E-state index contributed by atoms with van der Waals surface area (Å²) in [6, 6.07) is 1.01. The van der Waals surface area contributed by atoms with E-state index in [-0.39, 0.29) is 5.56 Å². The van der Waals surface area contributed by atoms with Gasteiger partial charge in [0.2, 0.25) is 0 Å². The molecular weight excluding hydrogens is 296 g/mol. The van der Waals surface area contributed by atoms with Gasteiger partial charge in [-0.15, -0.1) is 0 Å². The zero-order valence-corrected chi connectivity index (χ0v) is 11.7. The molecule has 2 saturated heterocycles. The molecule has 0 radical (unpaired) electrons. The average Bonchev–Trinajstić information content (AvgIpc) is 3.01. The summed E-state index contributed by atoms with van der Waals surface area (Å²) in [6.45, 7) is 2.09. The van der Waals surface area contributed by atoms with Crippen LogP contribution in [-0.2, 0) is 0 Å². The maximum absolute atomic E-state index is 11.6. The Kier molecular flexibility index (Phi) is 3.39. The van der Waals surface area contributed by atoms with Crippen molar-refractivity contribution in [2.24, 2.45) is 0 Å². The van der Waals surface area contributed by atoms with Gasteiger partial charge in [0.15, 0.2) is 5.82 Å². The van der Waals surface area contributed by atoms with Gasteiger partial charge in [-0.3, -0.25) is 4.79 Å². The molecule has 0 aromatic carbocycles. The summed E-state index contributed by atoms with van der Waals surface area (Å²) in [5.74, 6) is 0.787. The van der Waals surface area contributed by atoms with E-state index < -0.39 is 0 Å². The highest BCUT2D eigenvalue weighted by atomic mass is 79.9. The molecule has 0 amide bonds. The smallest absolute Gasteiger partial charge is 0.267 e. The Morgan fingerprint density at radius 1 is 1.39 bits per heavy atom. The Labute approximate surface area is 114 Å². The van der Waals surface area contributed by atoms with Crippen molar-refractivity contribution in [3.63, 3.8) is 0 Å². The van der Waals surface area contributed by atoms with Crippen molar-refractivity contribution in [3.8, 4) is 0 Å². The molecule has 98 valence electrons. The number of hydrogen-bond donors (Lipinski definition) is 2. The quantitative estimate of drug-likeness (QED) is 0.863. The molecule has 3 heterocycles. The third kappa shape index (κ3) is 2.07. The molecule has 2 N–H and O–H groups in total. The molecule has 2 fully saturated rings. The van der Waals surface area contributed by atoms with Gasteiger partial charge in [-0.25, -0.2) is 4.98 Å². The van der Waals surface area contributed by atoms with Crippen molar-refractivity contribution >= 4 is 21.7 Å². The van der Waals surface area contributed by atoms with Crippen molar-refractivity contribution in [3.05, 3.63) is 21.2 Å². The fourth-order valence-electron chi connectivity index (χ4n) is 3.09. The predicted octanol–water partition coefficient (Wildman–Crippen LogP) is 1.25. The Morgan fingerprint density at radius 3 is 3.06 bits per heavy atom. The highest BCUT2D eigenvalue weighted by Gasteiger charge is 2.34. The van der Waals surface area contributed by atoms with Gasteiger partial charge in [0.05, 0.1) is 6.33 Å². The highest BCUT2D eigenvalue weighted by Crippen LogP contribution is 2.31. The summed E-state index contributed by atoms with van der Waals surface area (Å²) < 4.78 is 0.551. The van der Waals surface area contributed by atoms with Gasteiger partial charge in [-0.1, -0.05) is 0 Å². The molecule has 2 atom stereocenters. The topological polar surface area (TPSA) is 61.0 Å². The van der Waals surface area contributed by atoms with Crippen molar-refractivity contribution in [1.82, 2.24) is 15.3 Å². The van der Waals surface area contributed by atoms with E-state index in [4.69, 9.17) is 0 Å². The Morgan fingerprint density at radius 2 is 2.28 bits per heavy atom. The molecule has 2 aliphatic heterocycles. The van der Waals surface area contributed by atoms with E-state index in [1.54, 1.807) is 0 Å². The molecule has 2 aliphatic rings. The van der Waals surface area contributed by atoms with Crippen LogP contribution in [-0.4, -0.2) is 35.1 Å². The van der Waals surface area contributed by atoms with E-state index in [9.17, 15) is 4.79 Å². The van der Waals surface area contributed by atoms with Gasteiger partial charge in [0.1, 0.15) is 4.47 Å². The SMILES string of the molecule is O=c1[nH]cnc(N2CCCC2C2CCCN2)c1Br. The van der Waals surface area contributed by atoms with Gasteiger partial charge in [0, 0.05) is 18.6 Å². The van der Waals surface area contributed by atoms with Gasteiger partial charge in [0.25, 0.3) is 5.56 Å². The number of nitrogens with one attached hydrogen (secondary N) is 2. The highest BCUT2D eigenvalue weighted by molar-refractivity contribution is 9.10. The number of nitrogens with zero attached hydrogens (tertiary/aromatic N) is 2. The fraction of sp³-hybridized carbons (Fsp3) is 0.667. The molecular formula is C12H17BrN4O. The monoisotopic (exact) mass is 312 g/mol. The summed E-state index contributed by atoms with van der Waals surface area (Å²) in [5.41, 5.74) is -0.106. The minimum atomic E-state index is -0.106. The first kappa shape index (κ1) is 12.2. The van der Waals surface area contributed by atoms with Gasteiger partial charge >= 0.3 is 0 Å². The molecule has 0 bridgehead atoms. The first-order chi connectivity index (χ1) is 8.77. The van der Waals surface area contributed by atoms with Crippen molar-refractivity contribution in [1.29, 1.82) is 0 Å². The lowest BCUT2D eigenvalue weighted by Crippen LogP contribution is -2.44. The molecule has 0 aliphatic carbocycles. The van der Waals surface area contributed by atoms with E-state index >= 15 is 0 Å². The zero-order chi connectivity index (χ0) is 12.5. The van der Waals surface area contributed by atoms with Gasteiger partial charge in [-0.05, 0) is 48.2 Å². The fourth-order valence-corrected chi connectivity index (χ4v) is 3.53. The summed E-state index contributed by atoms with van der Waals surface area (Å²) in [6.07, 6.45) is 6.31. The average molecular weight is 313 g/mol. The Bertz CT molecular complexity index is 483. The van der Waals surface area contributed by atoms with Crippen molar-refractivity contribution < 1.29 is 0 Å². The molecule has 1 aromatic rings. The summed E-state index contributed by atoms with van der Waals surface area (Å²) in [5, 5.41) is 3.56. The summed E-state index contributed by atoms with van der Waals surface area (Å²) in [4.78, 5) is 20.9. The van der Waals surface area contributed by atoms with Crippen LogP contribution in [0.25, 0.3) is 0 Å². The molecule has 0 spiro atoms. The van der Waals surface area contributed by atoms with Crippen LogP contribution in [0.15, 0.2) is 15.6 Å². The molecule has 3 rings (SSSR count). The molecule has 0 saturated carbocycles. The second-order valence-electron chi connectivity index (χ2n) is 4.98. The van der Waals surface area contributed by atoms with E-state index in [1.807, 2.05) is 0 Å². The second-order valence-corrected chi connectivity index (χ2v) is 5.77. The Balaban J connectivity index is 1.90. The lowest BCUT2D eigenvalue weighted by atomic mass is 10.0. The Hall–Kier alpha value is -0.880. The lowest BCUT2D eigenvalue weighted by molar-refractivity contribution is 0.480. The molecule has 2 unspecified atom stereocenters. The number of hydrogen-bond acceptors (Lipinski definition) is 4. The molecule has 6 heteroatoms. The largest absolute Gasteiger partial charge is 0.351 e. The minimum absolute atomic E-state index is 0.106.